The average Bonchev–Trinajstić information content (AvgIpc) is 3.61. The molecule has 2 radical (unpaired) electrons. The van der Waals surface area contributed by atoms with Gasteiger partial charge in [0.15, 0.2) is 23.9 Å². The number of primary amides is 1. The summed E-state index contributed by atoms with van der Waals surface area (Å²) in [6, 6.07) is 0. The van der Waals surface area contributed by atoms with Gasteiger partial charge in [-0.25, -0.2) is 24.1 Å². The molecule has 0 saturated carbocycles. The number of aliphatic hydroxyl groups is 4. The molecule has 5 heterocycles. The number of allylic oxidation sites excluding steroid dienone is 1. The SMILES string of the molecule is NC(=O)C1=CN(C2OC(COP(=O)(O)OP(=O)(O)OCC3OC(n4cnc5c(N)ncnc54)C(O)C3O)C(O)C2O)C=CC1.[Na].[Na]. The first kappa shape index (κ1) is 39.6. The Kier molecular flexibility index (Phi) is 13.6. The number of hydrogen-bond acceptors (Lipinski definition) is 17. The second kappa shape index (κ2) is 15.8. The third-order valence-corrected chi connectivity index (χ3v) is 9.48. The summed E-state index contributed by atoms with van der Waals surface area (Å²) in [5.41, 5.74) is 11.6. The molecule has 0 aromatic carbocycles. The molecule has 2 fully saturated rings. The number of rotatable bonds is 11. The van der Waals surface area contributed by atoms with Crippen LogP contribution in [0.4, 0.5) is 5.82 Å². The minimum absolute atomic E-state index is 0. The summed E-state index contributed by atoms with van der Waals surface area (Å²) in [6.45, 7) is -1.79. The molecule has 2 saturated heterocycles. The van der Waals surface area contributed by atoms with Gasteiger partial charge in [-0.2, -0.15) is 4.31 Å². The van der Waals surface area contributed by atoms with Gasteiger partial charge in [-0.1, -0.05) is 6.08 Å². The first-order valence-corrected chi connectivity index (χ1v) is 15.7. The van der Waals surface area contributed by atoms with E-state index < -0.39 is 83.8 Å². The van der Waals surface area contributed by atoms with Crippen molar-refractivity contribution in [3.05, 3.63) is 36.7 Å². The Morgan fingerprint density at radius 3 is 2.09 bits per heavy atom. The number of phosphoric acid groups is 2. The summed E-state index contributed by atoms with van der Waals surface area (Å²) >= 11 is 0. The first-order chi connectivity index (χ1) is 20.7. The predicted octanol–water partition coefficient (Wildman–Crippen LogP) is -3.45. The maximum Gasteiger partial charge on any atom is 0.481 e. The van der Waals surface area contributed by atoms with Gasteiger partial charge in [-0.15, -0.1) is 0 Å². The summed E-state index contributed by atoms with van der Waals surface area (Å²) in [6.07, 6.45) is -4.88. The normalized spacial score (nSPS) is 31.9. The number of fused-ring (bicyclic) bond motifs is 1. The van der Waals surface area contributed by atoms with Gasteiger partial charge in [0.2, 0.25) is 5.91 Å². The Labute approximate surface area is 303 Å². The van der Waals surface area contributed by atoms with Crippen molar-refractivity contribution in [3.8, 4) is 0 Å². The van der Waals surface area contributed by atoms with Crippen molar-refractivity contribution in [1.82, 2.24) is 24.4 Å². The molecule has 0 bridgehead atoms. The smallest absolute Gasteiger partial charge is 0.387 e. The van der Waals surface area contributed by atoms with Crippen molar-refractivity contribution in [2.75, 3.05) is 18.9 Å². The number of hydrogen-bond donors (Lipinski definition) is 8. The monoisotopic (exact) mass is 711 g/mol. The van der Waals surface area contributed by atoms with Crippen molar-refractivity contribution in [2.45, 2.75) is 55.5 Å². The summed E-state index contributed by atoms with van der Waals surface area (Å²) < 4.78 is 50.8. The van der Waals surface area contributed by atoms with Crippen LogP contribution in [0.5, 0.6) is 0 Å². The number of aliphatic hydroxyl groups excluding tert-OH is 4. The number of carbonyl (C=O) groups excluding carboxylic acids is 1. The molecule has 46 heavy (non-hydrogen) atoms. The second-order valence-electron chi connectivity index (χ2n) is 9.84. The average molecular weight is 711 g/mol. The van der Waals surface area contributed by atoms with Crippen LogP contribution in [0, 0.1) is 0 Å². The zero-order valence-electron chi connectivity index (χ0n) is 24.4. The van der Waals surface area contributed by atoms with E-state index in [0.29, 0.717) is 0 Å². The molecule has 244 valence electrons. The molecule has 5 rings (SSSR count). The van der Waals surface area contributed by atoms with Crippen molar-refractivity contribution in [2.24, 2.45) is 5.73 Å². The van der Waals surface area contributed by atoms with E-state index in [1.807, 2.05) is 0 Å². The van der Waals surface area contributed by atoms with Crippen molar-refractivity contribution in [3.63, 3.8) is 0 Å². The van der Waals surface area contributed by atoms with E-state index in [1.165, 1.54) is 28.2 Å². The Morgan fingerprint density at radius 1 is 0.935 bits per heavy atom. The Balaban J connectivity index is 0.00000288. The molecular formula is C21H29N7Na2O14P2. The molecule has 10 atom stereocenters. The standard InChI is InChI=1S/C21H29N7O14P2.2Na/c22-17-12-19(25-7-24-17)28(8-26-12)21-16(32)14(30)11(41-21)6-39-44(36,37)42-43(34,35)38-5-10-13(29)15(31)20(40-10)27-3-1-2-9(4-27)18(23)33;;/h1,3-4,7-8,10-11,13-16,20-21,29-32H,2,5-6H2,(H2,23,33)(H,34,35)(H,36,37)(H2,22,24,25);;. The van der Waals surface area contributed by atoms with E-state index in [0.717, 1.165) is 6.33 Å². The molecule has 1 amide bonds. The number of anilines is 1. The van der Waals surface area contributed by atoms with E-state index in [9.17, 15) is 44.1 Å². The number of nitrogen functional groups attached to an aromatic ring is 1. The Morgan fingerprint density at radius 2 is 1.50 bits per heavy atom. The predicted molar refractivity (Wildman–Crippen MR) is 153 cm³/mol. The minimum Gasteiger partial charge on any atom is -0.387 e. The fourth-order valence-corrected chi connectivity index (χ4v) is 6.77. The van der Waals surface area contributed by atoms with E-state index in [4.69, 9.17) is 30.0 Å². The molecule has 21 nitrogen and oxygen atoms in total. The molecule has 3 aliphatic heterocycles. The van der Waals surface area contributed by atoms with Gasteiger partial charge in [0.05, 0.1) is 19.5 Å². The number of nitrogens with two attached hydrogens (primary N) is 2. The van der Waals surface area contributed by atoms with Crippen LogP contribution in [0.1, 0.15) is 12.6 Å². The van der Waals surface area contributed by atoms with Gasteiger partial charge in [0, 0.05) is 77.1 Å². The fraction of sp³-hybridized carbons (Fsp3) is 0.524. The zero-order chi connectivity index (χ0) is 32.0. The molecule has 10 N–H and O–H groups in total. The molecule has 0 aliphatic carbocycles. The van der Waals surface area contributed by atoms with E-state index >= 15 is 0 Å². The minimum atomic E-state index is -5.37. The fourth-order valence-electron chi connectivity index (χ4n) is 4.68. The molecule has 2 aromatic heterocycles. The topological polar surface area (TPSA) is 318 Å². The van der Waals surface area contributed by atoms with Gasteiger partial charge >= 0.3 is 15.6 Å². The number of imidazole rings is 1. The summed E-state index contributed by atoms with van der Waals surface area (Å²) in [5.74, 6) is -0.658. The number of phosphoric ester groups is 2. The van der Waals surface area contributed by atoms with Crippen molar-refractivity contribution < 1.29 is 67.0 Å². The Bertz CT molecular complexity index is 1570. The summed E-state index contributed by atoms with van der Waals surface area (Å²) in [4.78, 5) is 44.6. The van der Waals surface area contributed by atoms with Gasteiger partial charge < -0.3 is 56.1 Å². The van der Waals surface area contributed by atoms with E-state index in [-0.39, 0.29) is 88.1 Å². The van der Waals surface area contributed by atoms with Crippen molar-refractivity contribution >= 4 is 97.6 Å². The van der Waals surface area contributed by atoms with Crippen LogP contribution in [0.3, 0.4) is 0 Å². The van der Waals surface area contributed by atoms with Crippen LogP contribution in [0.25, 0.3) is 11.2 Å². The van der Waals surface area contributed by atoms with Crippen molar-refractivity contribution in [1.29, 1.82) is 0 Å². The van der Waals surface area contributed by atoms with Gasteiger partial charge in [0.25, 0.3) is 0 Å². The summed E-state index contributed by atoms with van der Waals surface area (Å²) in [5, 5.41) is 41.6. The van der Waals surface area contributed by atoms with E-state index in [2.05, 4.69) is 19.3 Å². The number of carbonyl (C=O) groups is 1. The van der Waals surface area contributed by atoms with Crippen LogP contribution in [0.15, 0.2) is 36.7 Å². The van der Waals surface area contributed by atoms with Gasteiger partial charge in [-0.3, -0.25) is 18.4 Å². The van der Waals surface area contributed by atoms with Crippen LogP contribution in [-0.4, -0.2) is 176 Å². The number of nitrogens with zero attached hydrogens (tertiary/aromatic N) is 5. The number of ether oxygens (including phenoxy) is 2. The molecular weight excluding hydrogens is 682 g/mol. The van der Waals surface area contributed by atoms with Crippen LogP contribution in [-0.2, 0) is 36.8 Å². The van der Waals surface area contributed by atoms with Gasteiger partial charge in [0.1, 0.15) is 48.5 Å². The molecule has 0 spiro atoms. The van der Waals surface area contributed by atoms with Gasteiger partial charge in [-0.05, 0) is 6.42 Å². The number of aromatic nitrogens is 4. The molecule has 3 aliphatic rings. The second-order valence-corrected chi connectivity index (χ2v) is 12.9. The van der Waals surface area contributed by atoms with E-state index in [1.54, 1.807) is 6.08 Å². The first-order valence-electron chi connectivity index (χ1n) is 12.7. The molecule has 10 unspecified atom stereocenters. The Hall–Kier alpha value is -0.880. The molecule has 2 aromatic rings. The quantitative estimate of drug-likeness (QED) is 0.0830. The maximum absolute atomic E-state index is 12.4. The van der Waals surface area contributed by atoms with Crippen LogP contribution < -0.4 is 11.5 Å². The molecule has 25 heteroatoms. The number of amides is 1. The van der Waals surface area contributed by atoms with Crippen LogP contribution >= 0.6 is 15.6 Å². The summed E-state index contributed by atoms with van der Waals surface area (Å²) in [7, 11) is -10.7. The third-order valence-electron chi connectivity index (χ3n) is 6.88. The largest absolute Gasteiger partial charge is 0.481 e. The maximum atomic E-state index is 12.4. The zero-order valence-corrected chi connectivity index (χ0v) is 30.2. The van der Waals surface area contributed by atoms with Crippen LogP contribution in [0.2, 0.25) is 0 Å². The third kappa shape index (κ3) is 8.64.